The highest BCUT2D eigenvalue weighted by Gasteiger charge is 2.21. The maximum atomic E-state index is 9.48. The molecule has 4 nitrogen and oxygen atoms in total. The zero-order chi connectivity index (χ0) is 9.84. The average Bonchev–Trinajstić information content (AvgIpc) is 2.10. The Balaban J connectivity index is 2.57. The summed E-state index contributed by atoms with van der Waals surface area (Å²) >= 11 is 3.25. The first-order valence-electron chi connectivity index (χ1n) is 4.12. The van der Waals surface area contributed by atoms with Crippen LogP contribution in [0.5, 0.6) is 0 Å². The van der Waals surface area contributed by atoms with E-state index in [1.165, 1.54) is 0 Å². The summed E-state index contributed by atoms with van der Waals surface area (Å²) in [6.45, 7) is 2.80. The largest absolute Gasteiger partial charge is 0.383 e. The van der Waals surface area contributed by atoms with E-state index in [0.717, 1.165) is 4.48 Å². The minimum Gasteiger partial charge on any atom is -0.383 e. The molecular formula is C8H13BrN2O2. The molecule has 0 aromatic heterocycles. The number of nitrogens with two attached hydrogens (primary N) is 1. The van der Waals surface area contributed by atoms with Crippen molar-refractivity contribution >= 4 is 21.8 Å². The topological polar surface area (TPSA) is 67.8 Å². The van der Waals surface area contributed by atoms with Gasteiger partial charge in [0, 0.05) is 12.5 Å². The molecule has 0 radical (unpaired) electrons. The Morgan fingerprint density at radius 1 is 1.92 bits per heavy atom. The number of aliphatic imine (C=N–C) groups is 1. The van der Waals surface area contributed by atoms with Crippen molar-refractivity contribution in [3.8, 4) is 0 Å². The average molecular weight is 249 g/mol. The minimum atomic E-state index is -0.797. The molecule has 74 valence electrons. The third-order valence-corrected chi connectivity index (χ3v) is 2.45. The van der Waals surface area contributed by atoms with Gasteiger partial charge in [0.25, 0.3) is 0 Å². The Morgan fingerprint density at radius 3 is 3.15 bits per heavy atom. The van der Waals surface area contributed by atoms with Crippen molar-refractivity contribution in [3.05, 3.63) is 10.6 Å². The predicted molar refractivity (Wildman–Crippen MR) is 54.6 cm³/mol. The number of halogens is 1. The Kier molecular flexibility index (Phi) is 3.90. The highest BCUT2D eigenvalue weighted by atomic mass is 79.9. The molecule has 1 heterocycles. The van der Waals surface area contributed by atoms with Crippen LogP contribution in [0.25, 0.3) is 0 Å². The van der Waals surface area contributed by atoms with E-state index in [9.17, 15) is 5.11 Å². The van der Waals surface area contributed by atoms with E-state index in [0.29, 0.717) is 19.0 Å². The monoisotopic (exact) mass is 248 g/mol. The third kappa shape index (κ3) is 2.79. The maximum Gasteiger partial charge on any atom is 0.162 e. The highest BCUT2D eigenvalue weighted by Crippen LogP contribution is 2.19. The van der Waals surface area contributed by atoms with E-state index < -0.39 is 6.29 Å². The lowest BCUT2D eigenvalue weighted by atomic mass is 10.1. The number of aliphatic hydroxyl groups is 1. The first kappa shape index (κ1) is 10.7. The van der Waals surface area contributed by atoms with Crippen LogP contribution >= 0.6 is 15.9 Å². The number of amidine groups is 1. The van der Waals surface area contributed by atoms with Gasteiger partial charge in [-0.2, -0.15) is 0 Å². The van der Waals surface area contributed by atoms with Gasteiger partial charge in [0.05, 0.1) is 11.0 Å². The summed E-state index contributed by atoms with van der Waals surface area (Å²) in [5.74, 6) is 0.363. The van der Waals surface area contributed by atoms with Crippen molar-refractivity contribution in [2.24, 2.45) is 16.6 Å². The van der Waals surface area contributed by atoms with Crippen LogP contribution in [0.15, 0.2) is 15.6 Å². The van der Waals surface area contributed by atoms with Gasteiger partial charge in [-0.25, -0.2) is 0 Å². The van der Waals surface area contributed by atoms with Crippen LogP contribution in [-0.2, 0) is 4.74 Å². The van der Waals surface area contributed by atoms with Crippen LogP contribution in [0.1, 0.15) is 6.92 Å². The molecule has 1 aliphatic heterocycles. The molecule has 0 spiro atoms. The summed E-state index contributed by atoms with van der Waals surface area (Å²) in [5, 5.41) is 9.48. The second-order valence-electron chi connectivity index (χ2n) is 2.75. The molecule has 2 atom stereocenters. The molecule has 3 N–H and O–H groups in total. The SMILES string of the molecule is CCOC(O)C1C=C(Br)C(N)=NC1. The normalized spacial score (nSPS) is 25.0. The fourth-order valence-corrected chi connectivity index (χ4v) is 1.54. The Morgan fingerprint density at radius 2 is 2.62 bits per heavy atom. The van der Waals surface area contributed by atoms with E-state index in [2.05, 4.69) is 20.9 Å². The predicted octanol–water partition coefficient (Wildman–Crippen LogP) is 0.607. The summed E-state index contributed by atoms with van der Waals surface area (Å²) in [7, 11) is 0. The zero-order valence-corrected chi connectivity index (χ0v) is 8.99. The molecule has 0 aliphatic carbocycles. The van der Waals surface area contributed by atoms with E-state index in [-0.39, 0.29) is 5.92 Å². The summed E-state index contributed by atoms with van der Waals surface area (Å²) in [4.78, 5) is 4.03. The Labute approximate surface area is 85.6 Å². The first-order chi connectivity index (χ1) is 6.15. The quantitative estimate of drug-likeness (QED) is 0.720. The van der Waals surface area contributed by atoms with Gasteiger partial charge in [0.15, 0.2) is 6.29 Å². The van der Waals surface area contributed by atoms with Crippen LogP contribution in [-0.4, -0.2) is 30.4 Å². The van der Waals surface area contributed by atoms with Gasteiger partial charge < -0.3 is 15.6 Å². The Hall–Kier alpha value is -0.390. The van der Waals surface area contributed by atoms with Gasteiger partial charge in [0.2, 0.25) is 0 Å². The molecule has 2 unspecified atom stereocenters. The molecule has 0 aromatic rings. The first-order valence-corrected chi connectivity index (χ1v) is 4.91. The summed E-state index contributed by atoms with van der Waals surface area (Å²) < 4.78 is 5.77. The second-order valence-corrected chi connectivity index (χ2v) is 3.60. The smallest absolute Gasteiger partial charge is 0.162 e. The van der Waals surface area contributed by atoms with Gasteiger partial charge in [-0.1, -0.05) is 6.08 Å². The number of dihydropyridines is 1. The molecule has 0 amide bonds. The van der Waals surface area contributed by atoms with Crippen molar-refractivity contribution in [3.63, 3.8) is 0 Å². The molecule has 5 heteroatoms. The van der Waals surface area contributed by atoms with Crippen LogP contribution in [0.2, 0.25) is 0 Å². The summed E-state index contributed by atoms with van der Waals surface area (Å²) in [6, 6.07) is 0. The van der Waals surface area contributed by atoms with Crippen LogP contribution in [0.4, 0.5) is 0 Å². The van der Waals surface area contributed by atoms with Crippen molar-refractivity contribution in [2.45, 2.75) is 13.2 Å². The molecular weight excluding hydrogens is 236 g/mol. The molecule has 0 saturated carbocycles. The highest BCUT2D eigenvalue weighted by molar-refractivity contribution is 9.12. The second kappa shape index (κ2) is 4.74. The van der Waals surface area contributed by atoms with Crippen LogP contribution in [0, 0.1) is 5.92 Å². The van der Waals surface area contributed by atoms with E-state index in [4.69, 9.17) is 10.5 Å². The molecule has 0 fully saturated rings. The number of nitrogens with zero attached hydrogens (tertiary/aromatic N) is 1. The van der Waals surface area contributed by atoms with Gasteiger partial charge in [0.1, 0.15) is 5.84 Å². The van der Waals surface area contributed by atoms with Crippen molar-refractivity contribution < 1.29 is 9.84 Å². The number of hydrogen-bond donors (Lipinski definition) is 2. The van der Waals surface area contributed by atoms with Crippen LogP contribution in [0.3, 0.4) is 0 Å². The van der Waals surface area contributed by atoms with Gasteiger partial charge >= 0.3 is 0 Å². The number of rotatable bonds is 3. The molecule has 0 bridgehead atoms. The van der Waals surface area contributed by atoms with Crippen molar-refractivity contribution in [1.29, 1.82) is 0 Å². The molecule has 1 aliphatic rings. The molecule has 1 rings (SSSR count). The lowest BCUT2D eigenvalue weighted by molar-refractivity contribution is -0.117. The molecule has 0 aromatic carbocycles. The fourth-order valence-electron chi connectivity index (χ4n) is 1.07. The summed E-state index contributed by atoms with van der Waals surface area (Å²) in [5.41, 5.74) is 5.53. The molecule has 13 heavy (non-hydrogen) atoms. The number of hydrogen-bond acceptors (Lipinski definition) is 4. The standard InChI is InChI=1S/C8H13BrN2O2/c1-2-13-8(12)5-3-6(9)7(10)11-4-5/h3,5,8,12H,2,4H2,1H3,(H2,10,11). The summed E-state index contributed by atoms with van der Waals surface area (Å²) in [6.07, 6.45) is 1.03. The minimum absolute atomic E-state index is 0.110. The van der Waals surface area contributed by atoms with Gasteiger partial charge in [-0.05, 0) is 22.9 Å². The fraction of sp³-hybridized carbons (Fsp3) is 0.625. The van der Waals surface area contributed by atoms with E-state index in [1.54, 1.807) is 0 Å². The molecule has 0 saturated heterocycles. The van der Waals surface area contributed by atoms with Crippen molar-refractivity contribution in [1.82, 2.24) is 0 Å². The maximum absolute atomic E-state index is 9.48. The lowest BCUT2D eigenvalue weighted by Gasteiger charge is -2.21. The number of ether oxygens (including phenoxy) is 1. The Bertz CT molecular complexity index is 240. The van der Waals surface area contributed by atoms with Gasteiger partial charge in [-0.15, -0.1) is 0 Å². The zero-order valence-electron chi connectivity index (χ0n) is 7.40. The van der Waals surface area contributed by atoms with Crippen LogP contribution < -0.4 is 5.73 Å². The van der Waals surface area contributed by atoms with Gasteiger partial charge in [-0.3, -0.25) is 4.99 Å². The number of aliphatic hydroxyl groups excluding tert-OH is 1. The third-order valence-electron chi connectivity index (χ3n) is 1.78. The van der Waals surface area contributed by atoms with E-state index in [1.807, 2.05) is 13.0 Å². The van der Waals surface area contributed by atoms with Crippen molar-refractivity contribution in [2.75, 3.05) is 13.2 Å². The van der Waals surface area contributed by atoms with E-state index >= 15 is 0 Å². The lowest BCUT2D eigenvalue weighted by Crippen LogP contribution is -2.29.